The Morgan fingerprint density at radius 3 is 2.33 bits per heavy atom. The Kier molecular flexibility index (Phi) is 2.26. The van der Waals surface area contributed by atoms with E-state index in [0.29, 0.717) is 0 Å². The molecule has 4 heteroatoms. The fourth-order valence-corrected chi connectivity index (χ4v) is 1.82. The maximum absolute atomic E-state index is 12.0. The van der Waals surface area contributed by atoms with Crippen molar-refractivity contribution in [3.63, 3.8) is 0 Å². The maximum Gasteiger partial charge on any atom is 0.362 e. The first-order valence-electron chi connectivity index (χ1n) is 4.93. The van der Waals surface area contributed by atoms with E-state index < -0.39 is 0 Å². The van der Waals surface area contributed by atoms with E-state index in [4.69, 9.17) is 4.84 Å². The van der Waals surface area contributed by atoms with Gasteiger partial charge < -0.3 is 4.84 Å². The molecular formula is C11H14N2O2. The first-order valence-corrected chi connectivity index (χ1v) is 4.93. The summed E-state index contributed by atoms with van der Waals surface area (Å²) in [5, 5.41) is 0. The molecule has 0 spiro atoms. The van der Waals surface area contributed by atoms with Crippen molar-refractivity contribution < 1.29 is 4.84 Å². The number of para-hydroxylation sites is 2. The zero-order valence-electron chi connectivity index (χ0n) is 9.10. The van der Waals surface area contributed by atoms with Crippen LogP contribution in [0.4, 0.5) is 0 Å². The number of fused-ring (bicyclic) bond motifs is 1. The lowest BCUT2D eigenvalue weighted by atomic mass is 10.3. The molecular weight excluding hydrogens is 192 g/mol. The van der Waals surface area contributed by atoms with E-state index in [0.717, 1.165) is 11.0 Å². The van der Waals surface area contributed by atoms with Crippen LogP contribution in [0, 0.1) is 0 Å². The molecule has 1 aromatic carbocycles. The topological polar surface area (TPSA) is 36.2 Å². The minimum absolute atomic E-state index is 0.124. The van der Waals surface area contributed by atoms with Gasteiger partial charge in [0.2, 0.25) is 0 Å². The lowest BCUT2D eigenvalue weighted by Crippen LogP contribution is -2.28. The van der Waals surface area contributed by atoms with Gasteiger partial charge in [-0.3, -0.25) is 4.57 Å². The van der Waals surface area contributed by atoms with Gasteiger partial charge in [0.15, 0.2) is 0 Å². The Balaban J connectivity index is 2.91. The van der Waals surface area contributed by atoms with Gasteiger partial charge >= 0.3 is 5.69 Å². The largest absolute Gasteiger partial charge is 0.412 e. The molecule has 15 heavy (non-hydrogen) atoms. The molecule has 0 fully saturated rings. The number of nitrogens with zero attached hydrogens (tertiary/aromatic N) is 2. The van der Waals surface area contributed by atoms with E-state index >= 15 is 0 Å². The molecule has 1 aromatic heterocycles. The van der Waals surface area contributed by atoms with Crippen molar-refractivity contribution >= 4 is 11.0 Å². The number of hydrogen-bond donors (Lipinski definition) is 0. The van der Waals surface area contributed by atoms with Crippen molar-refractivity contribution in [2.75, 3.05) is 7.11 Å². The third-order valence-electron chi connectivity index (χ3n) is 2.44. The van der Waals surface area contributed by atoms with E-state index in [1.54, 1.807) is 4.57 Å². The van der Waals surface area contributed by atoms with Gasteiger partial charge in [0.1, 0.15) is 12.6 Å². The molecule has 1 heterocycles. The molecule has 0 aliphatic rings. The van der Waals surface area contributed by atoms with Crippen LogP contribution in [0.3, 0.4) is 0 Å². The molecule has 0 amide bonds. The Morgan fingerprint density at radius 1 is 1.20 bits per heavy atom. The molecule has 80 valence electrons. The highest BCUT2D eigenvalue weighted by Gasteiger charge is 2.14. The van der Waals surface area contributed by atoms with Gasteiger partial charge in [0, 0.05) is 6.04 Å². The van der Waals surface area contributed by atoms with Gasteiger partial charge in [-0.2, -0.15) is 0 Å². The second kappa shape index (κ2) is 3.46. The van der Waals surface area contributed by atoms with E-state index in [1.165, 1.54) is 11.8 Å². The fourth-order valence-electron chi connectivity index (χ4n) is 1.82. The lowest BCUT2D eigenvalue weighted by molar-refractivity contribution is 0.165. The van der Waals surface area contributed by atoms with Crippen LogP contribution in [0.15, 0.2) is 29.1 Å². The Labute approximate surface area is 87.7 Å². The van der Waals surface area contributed by atoms with Crippen molar-refractivity contribution in [1.82, 2.24) is 9.30 Å². The lowest BCUT2D eigenvalue weighted by Gasteiger charge is -2.05. The minimum Gasteiger partial charge on any atom is -0.412 e. The SMILES string of the molecule is COn1c(=O)n(C(C)C)c2ccccc21. The highest BCUT2D eigenvalue weighted by molar-refractivity contribution is 5.75. The number of imidazole rings is 1. The molecule has 0 saturated carbocycles. The van der Waals surface area contributed by atoms with Crippen LogP contribution in [0.2, 0.25) is 0 Å². The highest BCUT2D eigenvalue weighted by atomic mass is 16.7. The number of aromatic nitrogens is 2. The molecule has 2 rings (SSSR count). The third-order valence-corrected chi connectivity index (χ3v) is 2.44. The first-order chi connectivity index (χ1) is 7.16. The molecule has 0 N–H and O–H groups in total. The normalized spacial score (nSPS) is 11.2. The quantitative estimate of drug-likeness (QED) is 0.745. The van der Waals surface area contributed by atoms with E-state index in [1.807, 2.05) is 38.1 Å². The summed E-state index contributed by atoms with van der Waals surface area (Å²) in [4.78, 5) is 17.0. The Hall–Kier alpha value is -1.71. The van der Waals surface area contributed by atoms with Crippen LogP contribution in [-0.4, -0.2) is 16.4 Å². The summed E-state index contributed by atoms with van der Waals surface area (Å²) in [6.07, 6.45) is 0. The standard InChI is InChI=1S/C11H14N2O2/c1-8(2)12-9-6-4-5-7-10(9)13(15-3)11(12)14/h4-8H,1-3H3. The predicted molar refractivity (Wildman–Crippen MR) is 59.1 cm³/mol. The monoisotopic (exact) mass is 206 g/mol. The Morgan fingerprint density at radius 2 is 1.80 bits per heavy atom. The van der Waals surface area contributed by atoms with E-state index in [-0.39, 0.29) is 11.7 Å². The molecule has 0 aliphatic carbocycles. The van der Waals surface area contributed by atoms with Gasteiger partial charge in [-0.25, -0.2) is 4.79 Å². The van der Waals surface area contributed by atoms with Crippen molar-refractivity contribution in [1.29, 1.82) is 0 Å². The highest BCUT2D eigenvalue weighted by Crippen LogP contribution is 2.15. The molecule has 0 atom stereocenters. The minimum atomic E-state index is -0.131. The number of hydrogen-bond acceptors (Lipinski definition) is 2. The maximum atomic E-state index is 12.0. The number of rotatable bonds is 2. The first kappa shape index (κ1) is 9.83. The predicted octanol–water partition coefficient (Wildman–Crippen LogP) is 1.44. The molecule has 0 bridgehead atoms. The fraction of sp³-hybridized carbons (Fsp3) is 0.364. The molecule has 0 radical (unpaired) electrons. The van der Waals surface area contributed by atoms with E-state index in [9.17, 15) is 4.79 Å². The molecule has 4 nitrogen and oxygen atoms in total. The van der Waals surface area contributed by atoms with Gasteiger partial charge in [0.25, 0.3) is 0 Å². The summed E-state index contributed by atoms with van der Waals surface area (Å²) in [6, 6.07) is 7.73. The summed E-state index contributed by atoms with van der Waals surface area (Å²) < 4.78 is 3.04. The van der Waals surface area contributed by atoms with Crippen LogP contribution >= 0.6 is 0 Å². The molecule has 0 unspecified atom stereocenters. The summed E-state index contributed by atoms with van der Waals surface area (Å²) >= 11 is 0. The number of benzene rings is 1. The second-order valence-corrected chi connectivity index (χ2v) is 3.71. The molecule has 2 aromatic rings. The van der Waals surface area contributed by atoms with Crippen LogP contribution in [0.5, 0.6) is 0 Å². The van der Waals surface area contributed by atoms with Gasteiger partial charge in [-0.05, 0) is 26.0 Å². The average molecular weight is 206 g/mol. The van der Waals surface area contributed by atoms with Gasteiger partial charge in [0.05, 0.1) is 5.52 Å². The van der Waals surface area contributed by atoms with Crippen LogP contribution in [-0.2, 0) is 0 Å². The summed E-state index contributed by atoms with van der Waals surface area (Å²) in [5.41, 5.74) is 1.58. The third kappa shape index (κ3) is 1.33. The van der Waals surface area contributed by atoms with Crippen LogP contribution in [0.25, 0.3) is 11.0 Å². The zero-order chi connectivity index (χ0) is 11.0. The average Bonchev–Trinajstić information content (AvgIpc) is 2.49. The van der Waals surface area contributed by atoms with Crippen molar-refractivity contribution in [2.45, 2.75) is 19.9 Å². The van der Waals surface area contributed by atoms with Gasteiger partial charge in [-0.15, -0.1) is 4.73 Å². The Bertz CT molecular complexity index is 537. The molecule has 0 saturated heterocycles. The van der Waals surface area contributed by atoms with Crippen molar-refractivity contribution in [3.05, 3.63) is 34.7 Å². The van der Waals surface area contributed by atoms with Crippen LogP contribution < -0.4 is 10.5 Å². The summed E-state index contributed by atoms with van der Waals surface area (Å²) in [6.45, 7) is 3.96. The second-order valence-electron chi connectivity index (χ2n) is 3.71. The van der Waals surface area contributed by atoms with Gasteiger partial charge in [-0.1, -0.05) is 12.1 Å². The smallest absolute Gasteiger partial charge is 0.362 e. The van der Waals surface area contributed by atoms with Crippen molar-refractivity contribution in [2.24, 2.45) is 0 Å². The van der Waals surface area contributed by atoms with E-state index in [2.05, 4.69) is 0 Å². The summed E-state index contributed by atoms with van der Waals surface area (Å²) in [7, 11) is 1.50. The molecule has 0 aliphatic heterocycles. The zero-order valence-corrected chi connectivity index (χ0v) is 9.10. The van der Waals surface area contributed by atoms with Crippen molar-refractivity contribution in [3.8, 4) is 0 Å². The van der Waals surface area contributed by atoms with Crippen LogP contribution in [0.1, 0.15) is 19.9 Å². The summed E-state index contributed by atoms with van der Waals surface area (Å²) in [5.74, 6) is 0.